The topological polar surface area (TPSA) is 44.5 Å². The fourth-order valence-corrected chi connectivity index (χ4v) is 2.04. The Morgan fingerprint density at radius 2 is 2.00 bits per heavy atom. The van der Waals surface area contributed by atoms with E-state index in [-0.39, 0.29) is 18.4 Å². The second-order valence-electron chi connectivity index (χ2n) is 4.37. The molecule has 0 saturated heterocycles. The first-order valence-corrected chi connectivity index (χ1v) is 5.72. The van der Waals surface area contributed by atoms with Crippen LogP contribution >= 0.6 is 12.4 Å². The van der Waals surface area contributed by atoms with E-state index in [1.807, 2.05) is 18.2 Å². The fourth-order valence-electron chi connectivity index (χ4n) is 2.04. The number of halogens is 1. The Balaban J connectivity index is 0.00000144. The molecule has 1 aliphatic carbocycles. The molecular formula is C13H20ClNO2. The van der Waals surface area contributed by atoms with Crippen LogP contribution in [0.5, 0.6) is 11.5 Å². The predicted molar refractivity (Wildman–Crippen MR) is 71.1 cm³/mol. The minimum Gasteiger partial charge on any atom is -0.493 e. The molecule has 0 amide bonds. The Kier molecular flexibility index (Phi) is 5.09. The second-order valence-corrected chi connectivity index (χ2v) is 4.37. The number of ether oxygens (including phenoxy) is 2. The highest BCUT2D eigenvalue weighted by Gasteiger charge is 2.26. The average molecular weight is 258 g/mol. The van der Waals surface area contributed by atoms with Crippen LogP contribution in [0.3, 0.4) is 0 Å². The fraction of sp³-hybridized carbons (Fsp3) is 0.538. The summed E-state index contributed by atoms with van der Waals surface area (Å²) < 4.78 is 10.7. The third-order valence-electron chi connectivity index (χ3n) is 3.12. The number of benzene rings is 1. The number of hydrogen-bond donors (Lipinski definition) is 1. The molecule has 1 saturated carbocycles. The van der Waals surface area contributed by atoms with Crippen molar-refractivity contribution in [1.82, 2.24) is 0 Å². The molecule has 3 nitrogen and oxygen atoms in total. The van der Waals surface area contributed by atoms with Gasteiger partial charge in [0.25, 0.3) is 0 Å². The zero-order chi connectivity index (χ0) is 11.5. The molecule has 4 heteroatoms. The molecule has 1 aromatic rings. The van der Waals surface area contributed by atoms with E-state index in [2.05, 4.69) is 0 Å². The van der Waals surface area contributed by atoms with Crippen LogP contribution in [-0.4, -0.2) is 14.2 Å². The molecule has 1 fully saturated rings. The van der Waals surface area contributed by atoms with Crippen LogP contribution in [-0.2, 0) is 0 Å². The van der Waals surface area contributed by atoms with Gasteiger partial charge in [0, 0.05) is 11.6 Å². The van der Waals surface area contributed by atoms with Gasteiger partial charge in [-0.05, 0) is 18.4 Å². The zero-order valence-electron chi connectivity index (χ0n) is 10.3. The summed E-state index contributed by atoms with van der Waals surface area (Å²) in [5.41, 5.74) is 7.25. The van der Waals surface area contributed by atoms with Crippen molar-refractivity contribution >= 4 is 12.4 Å². The van der Waals surface area contributed by atoms with Crippen LogP contribution in [0.25, 0.3) is 0 Å². The Bertz CT molecular complexity index is 366. The monoisotopic (exact) mass is 257 g/mol. The maximum absolute atomic E-state index is 6.20. The normalized spacial score (nSPS) is 15.9. The third kappa shape index (κ3) is 3.27. The minimum atomic E-state index is 0. The number of methoxy groups -OCH3 is 2. The van der Waals surface area contributed by atoms with Gasteiger partial charge in [0.05, 0.1) is 14.2 Å². The van der Waals surface area contributed by atoms with E-state index < -0.39 is 0 Å². The van der Waals surface area contributed by atoms with Crippen LogP contribution < -0.4 is 15.2 Å². The zero-order valence-corrected chi connectivity index (χ0v) is 11.1. The quantitative estimate of drug-likeness (QED) is 0.882. The van der Waals surface area contributed by atoms with Gasteiger partial charge >= 0.3 is 0 Å². The van der Waals surface area contributed by atoms with Gasteiger partial charge in [-0.2, -0.15) is 0 Å². The van der Waals surface area contributed by atoms with Crippen molar-refractivity contribution in [1.29, 1.82) is 0 Å². The molecule has 0 unspecified atom stereocenters. The minimum absolute atomic E-state index is 0. The molecule has 0 bridgehead atoms. The molecule has 0 spiro atoms. The SMILES string of the molecule is COc1cccc([C@H](N)CC2CC2)c1OC.Cl. The van der Waals surface area contributed by atoms with E-state index in [0.717, 1.165) is 29.4 Å². The van der Waals surface area contributed by atoms with E-state index in [4.69, 9.17) is 15.2 Å². The van der Waals surface area contributed by atoms with Crippen molar-refractivity contribution < 1.29 is 9.47 Å². The van der Waals surface area contributed by atoms with E-state index in [0.29, 0.717) is 0 Å². The number of hydrogen-bond acceptors (Lipinski definition) is 3. The largest absolute Gasteiger partial charge is 0.493 e. The van der Waals surface area contributed by atoms with Crippen molar-refractivity contribution in [3.8, 4) is 11.5 Å². The molecule has 96 valence electrons. The highest BCUT2D eigenvalue weighted by atomic mass is 35.5. The lowest BCUT2D eigenvalue weighted by Gasteiger charge is -2.17. The molecule has 2 N–H and O–H groups in total. The lowest BCUT2D eigenvalue weighted by Crippen LogP contribution is -2.12. The summed E-state index contributed by atoms with van der Waals surface area (Å²) in [5, 5.41) is 0. The van der Waals surface area contributed by atoms with Crippen molar-refractivity contribution in [2.24, 2.45) is 11.7 Å². The van der Waals surface area contributed by atoms with Crippen LogP contribution in [0.15, 0.2) is 18.2 Å². The van der Waals surface area contributed by atoms with Crippen molar-refractivity contribution in [2.45, 2.75) is 25.3 Å². The van der Waals surface area contributed by atoms with Crippen molar-refractivity contribution in [3.63, 3.8) is 0 Å². The lowest BCUT2D eigenvalue weighted by atomic mass is 10.0. The van der Waals surface area contributed by atoms with Crippen LogP contribution in [0.4, 0.5) is 0 Å². The highest BCUT2D eigenvalue weighted by Crippen LogP contribution is 2.40. The van der Waals surface area contributed by atoms with Crippen molar-refractivity contribution in [2.75, 3.05) is 14.2 Å². The van der Waals surface area contributed by atoms with Gasteiger partial charge in [0.1, 0.15) is 0 Å². The summed E-state index contributed by atoms with van der Waals surface area (Å²) >= 11 is 0. The predicted octanol–water partition coefficient (Wildman–Crippen LogP) is 2.93. The molecule has 0 aromatic heterocycles. The van der Waals surface area contributed by atoms with Gasteiger partial charge in [-0.1, -0.05) is 25.0 Å². The van der Waals surface area contributed by atoms with E-state index >= 15 is 0 Å². The Labute approximate surface area is 109 Å². The molecule has 17 heavy (non-hydrogen) atoms. The number of nitrogens with two attached hydrogens (primary N) is 1. The van der Waals surface area contributed by atoms with Crippen LogP contribution in [0.1, 0.15) is 30.9 Å². The standard InChI is InChI=1S/C13H19NO2.ClH/c1-15-12-5-3-4-10(13(12)16-2)11(14)8-9-6-7-9;/h3-5,9,11H,6-8,14H2,1-2H3;1H/t11-;/m1./s1. The van der Waals surface area contributed by atoms with Gasteiger partial charge in [0.2, 0.25) is 0 Å². The van der Waals surface area contributed by atoms with Crippen LogP contribution in [0, 0.1) is 5.92 Å². The molecule has 1 atom stereocenters. The summed E-state index contributed by atoms with van der Waals surface area (Å²) in [6.07, 6.45) is 3.68. The highest BCUT2D eigenvalue weighted by molar-refractivity contribution is 5.85. The van der Waals surface area contributed by atoms with Gasteiger partial charge in [-0.3, -0.25) is 0 Å². The first-order valence-electron chi connectivity index (χ1n) is 5.72. The van der Waals surface area contributed by atoms with E-state index in [1.165, 1.54) is 12.8 Å². The second kappa shape index (κ2) is 6.12. The Morgan fingerprint density at radius 3 is 2.53 bits per heavy atom. The first kappa shape index (κ1) is 14.1. The van der Waals surface area contributed by atoms with E-state index in [1.54, 1.807) is 14.2 Å². The average Bonchev–Trinajstić information content (AvgIpc) is 3.11. The maximum atomic E-state index is 6.20. The molecule has 1 aliphatic rings. The van der Waals surface area contributed by atoms with E-state index in [9.17, 15) is 0 Å². The third-order valence-corrected chi connectivity index (χ3v) is 3.12. The summed E-state index contributed by atoms with van der Waals surface area (Å²) in [6, 6.07) is 5.93. The molecule has 2 rings (SSSR count). The Morgan fingerprint density at radius 1 is 1.29 bits per heavy atom. The number of rotatable bonds is 5. The number of para-hydroxylation sites is 1. The molecule has 0 radical (unpaired) electrons. The molecule has 1 aromatic carbocycles. The van der Waals surface area contributed by atoms with Gasteiger partial charge in [-0.15, -0.1) is 12.4 Å². The smallest absolute Gasteiger partial charge is 0.165 e. The molecular weight excluding hydrogens is 238 g/mol. The summed E-state index contributed by atoms with van der Waals surface area (Å²) in [7, 11) is 3.30. The van der Waals surface area contributed by atoms with Crippen LogP contribution in [0.2, 0.25) is 0 Å². The van der Waals surface area contributed by atoms with Gasteiger partial charge in [-0.25, -0.2) is 0 Å². The van der Waals surface area contributed by atoms with Gasteiger partial charge in [0.15, 0.2) is 11.5 Å². The van der Waals surface area contributed by atoms with Gasteiger partial charge < -0.3 is 15.2 Å². The summed E-state index contributed by atoms with van der Waals surface area (Å²) in [4.78, 5) is 0. The lowest BCUT2D eigenvalue weighted by molar-refractivity contribution is 0.348. The summed E-state index contributed by atoms with van der Waals surface area (Å²) in [6.45, 7) is 0. The first-order chi connectivity index (χ1) is 7.76. The van der Waals surface area contributed by atoms with Crippen molar-refractivity contribution in [3.05, 3.63) is 23.8 Å². The molecule has 0 aliphatic heterocycles. The Hall–Kier alpha value is -0.930. The molecule has 0 heterocycles. The summed E-state index contributed by atoms with van der Waals surface area (Å²) in [5.74, 6) is 2.34. The maximum Gasteiger partial charge on any atom is 0.165 e.